The number of carbonyl (C=O) groups is 2. The Kier molecular flexibility index (Phi) is 7.65. The van der Waals surface area contributed by atoms with E-state index in [4.69, 9.17) is 0 Å². The Hall–Kier alpha value is -3.46. The number of benzene rings is 5. The molecule has 226 valence electrons. The Labute approximate surface area is 257 Å². The Morgan fingerprint density at radius 1 is 0.698 bits per heavy atom. The van der Waals surface area contributed by atoms with Gasteiger partial charge in [0.2, 0.25) is 0 Å². The van der Waals surface area contributed by atoms with Crippen molar-refractivity contribution in [2.45, 2.75) is 82.1 Å². The topological polar surface area (TPSA) is 46.2 Å². The van der Waals surface area contributed by atoms with Gasteiger partial charge in [-0.25, -0.2) is 0 Å². The number of hydrogen-bond acceptors (Lipinski definition) is 2. The maximum absolute atomic E-state index is 13.7. The van der Waals surface area contributed by atoms with Gasteiger partial charge in [-0.1, -0.05) is 124 Å². The van der Waals surface area contributed by atoms with Gasteiger partial charge in [-0.05, 0) is 89.6 Å². The molecule has 0 radical (unpaired) electrons. The van der Waals surface area contributed by atoms with Gasteiger partial charge in [-0.2, -0.15) is 0 Å². The first-order chi connectivity index (χ1) is 20.0. The first kappa shape index (κ1) is 31.0. The largest absolute Gasteiger partial charge is 0.352 e. The van der Waals surface area contributed by atoms with E-state index in [0.29, 0.717) is 23.6 Å². The highest BCUT2D eigenvalue weighted by Gasteiger charge is 2.46. The van der Waals surface area contributed by atoms with Crippen molar-refractivity contribution in [3.05, 3.63) is 71.8 Å². The van der Waals surface area contributed by atoms with E-state index in [2.05, 4.69) is 98.8 Å². The van der Waals surface area contributed by atoms with Crippen molar-refractivity contribution >= 4 is 55.3 Å². The lowest BCUT2D eigenvalue weighted by Gasteiger charge is -2.52. The highest BCUT2D eigenvalue weighted by molar-refractivity contribution is 6.35. The molecule has 0 aliphatic rings. The summed E-state index contributed by atoms with van der Waals surface area (Å²) in [5.41, 5.74) is 2.07. The second-order valence-electron chi connectivity index (χ2n) is 15.8. The molecule has 1 unspecified atom stereocenters. The van der Waals surface area contributed by atoms with Crippen LogP contribution in [0.15, 0.2) is 60.7 Å². The summed E-state index contributed by atoms with van der Waals surface area (Å²) in [4.78, 5) is 25.5. The van der Waals surface area contributed by atoms with E-state index in [0.717, 1.165) is 62.2 Å². The minimum Gasteiger partial charge on any atom is -0.352 e. The van der Waals surface area contributed by atoms with Gasteiger partial charge < -0.3 is 5.32 Å². The summed E-state index contributed by atoms with van der Waals surface area (Å²) in [6.07, 6.45) is 3.00. The minimum absolute atomic E-state index is 0.0258. The van der Waals surface area contributed by atoms with E-state index < -0.39 is 0 Å². The Balaban J connectivity index is 1.41. The Morgan fingerprint density at radius 3 is 1.79 bits per heavy atom. The number of hydrogen-bond donors (Lipinski definition) is 1. The zero-order valence-corrected chi connectivity index (χ0v) is 27.9. The summed E-state index contributed by atoms with van der Waals surface area (Å²) in [7, 11) is 0. The normalized spacial score (nSPS) is 14.2. The minimum atomic E-state index is -0.0258. The summed E-state index contributed by atoms with van der Waals surface area (Å²) >= 11 is 0. The molecule has 0 aromatic heterocycles. The SMILES string of the molecule is CC(CCNC(=O)c1ccc2c3cccc4c(C=O)ccc(c5cccc1c52)c43)C(C)(C)C(C)(C)CC(C)(C)C(C)(C)C. The van der Waals surface area contributed by atoms with Crippen molar-refractivity contribution in [2.75, 3.05) is 6.54 Å². The van der Waals surface area contributed by atoms with Crippen LogP contribution < -0.4 is 5.32 Å². The number of nitrogens with one attached hydrogen (secondary N) is 1. The molecule has 1 amide bonds. The van der Waals surface area contributed by atoms with Gasteiger partial charge >= 0.3 is 0 Å². The summed E-state index contributed by atoms with van der Waals surface area (Å²) in [6, 6.07) is 20.4. The number of amides is 1. The molecule has 0 aliphatic heterocycles. The van der Waals surface area contributed by atoms with Crippen LogP contribution in [0.2, 0.25) is 0 Å². The fourth-order valence-corrected chi connectivity index (χ4v) is 7.16. The third-order valence-electron chi connectivity index (χ3n) is 11.8. The highest BCUT2D eigenvalue weighted by atomic mass is 16.1. The van der Waals surface area contributed by atoms with Crippen LogP contribution in [0.1, 0.15) is 103 Å². The van der Waals surface area contributed by atoms with E-state index in [1.54, 1.807) is 0 Å². The molecule has 0 bridgehead atoms. The lowest BCUT2D eigenvalue weighted by Crippen LogP contribution is -2.44. The van der Waals surface area contributed by atoms with Crippen molar-refractivity contribution in [1.82, 2.24) is 5.32 Å². The zero-order valence-electron chi connectivity index (χ0n) is 27.9. The van der Waals surface area contributed by atoms with Crippen molar-refractivity contribution in [2.24, 2.45) is 27.6 Å². The number of rotatable bonds is 9. The maximum atomic E-state index is 13.7. The van der Waals surface area contributed by atoms with Crippen LogP contribution in [0.5, 0.6) is 0 Å². The van der Waals surface area contributed by atoms with Gasteiger partial charge in [0.1, 0.15) is 0 Å². The molecular formula is C40H49NO2. The monoisotopic (exact) mass is 575 g/mol. The van der Waals surface area contributed by atoms with Crippen LogP contribution in [-0.4, -0.2) is 18.7 Å². The summed E-state index contributed by atoms with van der Waals surface area (Å²) < 4.78 is 0. The molecule has 0 heterocycles. The fourth-order valence-electron chi connectivity index (χ4n) is 7.16. The lowest BCUT2D eigenvalue weighted by atomic mass is 9.53. The molecule has 0 spiro atoms. The number of carbonyl (C=O) groups excluding carboxylic acids is 2. The van der Waals surface area contributed by atoms with Gasteiger partial charge in [0, 0.05) is 17.7 Å². The molecule has 43 heavy (non-hydrogen) atoms. The summed E-state index contributed by atoms with van der Waals surface area (Å²) in [6.45, 7) is 24.5. The van der Waals surface area contributed by atoms with Crippen LogP contribution in [0, 0.1) is 27.6 Å². The second-order valence-corrected chi connectivity index (χ2v) is 15.8. The molecule has 1 atom stereocenters. The molecule has 0 aliphatic carbocycles. The van der Waals surface area contributed by atoms with Crippen molar-refractivity contribution in [1.29, 1.82) is 0 Å². The summed E-state index contributed by atoms with van der Waals surface area (Å²) in [5, 5.41) is 11.9. The molecule has 5 rings (SSSR count). The zero-order chi connectivity index (χ0) is 31.5. The van der Waals surface area contributed by atoms with Crippen LogP contribution in [-0.2, 0) is 0 Å². The van der Waals surface area contributed by atoms with E-state index in [1.165, 1.54) is 0 Å². The van der Waals surface area contributed by atoms with Crippen molar-refractivity contribution in [3.8, 4) is 0 Å². The van der Waals surface area contributed by atoms with E-state index >= 15 is 0 Å². The van der Waals surface area contributed by atoms with Crippen LogP contribution in [0.4, 0.5) is 0 Å². The molecule has 0 fully saturated rings. The average molecular weight is 576 g/mol. The molecule has 0 saturated heterocycles. The first-order valence-corrected chi connectivity index (χ1v) is 15.9. The standard InChI is InChI=1S/C40H49NO2/c1-25(40(9,10)39(7,8)24-38(5,6)37(2,3)4)21-22-41-36(43)33-20-19-32-28-14-11-13-27-26(23-42)17-18-31(34(27)28)29-15-12-16-30(33)35(29)32/h11-20,23,25H,21-22,24H2,1-10H3,(H,41,43). The molecule has 3 nitrogen and oxygen atoms in total. The third-order valence-corrected chi connectivity index (χ3v) is 11.8. The quantitative estimate of drug-likeness (QED) is 0.108. The predicted molar refractivity (Wildman–Crippen MR) is 185 cm³/mol. The fraction of sp³-hybridized carbons (Fsp3) is 0.450. The first-order valence-electron chi connectivity index (χ1n) is 15.9. The molecule has 0 saturated carbocycles. The van der Waals surface area contributed by atoms with E-state index in [9.17, 15) is 9.59 Å². The van der Waals surface area contributed by atoms with Crippen molar-refractivity contribution in [3.63, 3.8) is 0 Å². The smallest absolute Gasteiger partial charge is 0.251 e. The predicted octanol–water partition coefficient (Wildman–Crippen LogP) is 10.8. The van der Waals surface area contributed by atoms with Gasteiger partial charge in [0.25, 0.3) is 5.91 Å². The summed E-state index contributed by atoms with van der Waals surface area (Å²) in [5.74, 6) is 0.408. The Bertz CT molecular complexity index is 1810. The molecule has 3 heteroatoms. The number of aldehydes is 1. The van der Waals surface area contributed by atoms with E-state index in [-0.39, 0.29) is 27.6 Å². The second kappa shape index (κ2) is 10.6. The molecular weight excluding hydrogens is 526 g/mol. The van der Waals surface area contributed by atoms with E-state index in [1.807, 2.05) is 36.4 Å². The Morgan fingerprint density at radius 2 is 1.21 bits per heavy atom. The highest BCUT2D eigenvalue weighted by Crippen LogP contribution is 2.55. The van der Waals surface area contributed by atoms with Crippen molar-refractivity contribution < 1.29 is 9.59 Å². The van der Waals surface area contributed by atoms with Gasteiger partial charge in [0.15, 0.2) is 6.29 Å². The average Bonchev–Trinajstić information content (AvgIpc) is 2.93. The molecule has 5 aromatic carbocycles. The van der Waals surface area contributed by atoms with Gasteiger partial charge in [-0.15, -0.1) is 0 Å². The van der Waals surface area contributed by atoms with Crippen LogP contribution in [0.3, 0.4) is 0 Å². The maximum Gasteiger partial charge on any atom is 0.251 e. The lowest BCUT2D eigenvalue weighted by molar-refractivity contribution is -0.0271. The number of fused-ring (bicyclic) bond motifs is 2. The van der Waals surface area contributed by atoms with Crippen LogP contribution in [0.25, 0.3) is 43.1 Å². The van der Waals surface area contributed by atoms with Crippen LogP contribution >= 0.6 is 0 Å². The van der Waals surface area contributed by atoms with Gasteiger partial charge in [0.05, 0.1) is 0 Å². The molecule has 5 aromatic rings. The third kappa shape index (κ3) is 5.09. The van der Waals surface area contributed by atoms with Gasteiger partial charge in [-0.3, -0.25) is 9.59 Å². The molecule has 1 N–H and O–H groups in total.